The molecule has 3 aromatic rings. The highest BCUT2D eigenvalue weighted by molar-refractivity contribution is 7.91. The Hall–Kier alpha value is -2.31. The summed E-state index contributed by atoms with van der Waals surface area (Å²) >= 11 is 5.83. The van der Waals surface area contributed by atoms with Crippen molar-refractivity contribution in [1.29, 1.82) is 0 Å². The summed E-state index contributed by atoms with van der Waals surface area (Å²) < 4.78 is 54.8. The van der Waals surface area contributed by atoms with Crippen LogP contribution in [0.5, 0.6) is 0 Å². The van der Waals surface area contributed by atoms with Gasteiger partial charge in [-0.25, -0.2) is 17.2 Å². The van der Waals surface area contributed by atoms with Gasteiger partial charge in [-0.15, -0.1) is 0 Å². The molecular formula is C19H14ClF2NO2S. The van der Waals surface area contributed by atoms with Crippen molar-refractivity contribution in [3.05, 3.63) is 94.3 Å². The molecule has 0 fully saturated rings. The van der Waals surface area contributed by atoms with Gasteiger partial charge in [0.25, 0.3) is 0 Å². The highest BCUT2D eigenvalue weighted by Crippen LogP contribution is 2.37. The Morgan fingerprint density at radius 1 is 1.04 bits per heavy atom. The molecule has 0 aliphatic heterocycles. The van der Waals surface area contributed by atoms with Crippen LogP contribution in [-0.2, 0) is 9.84 Å². The largest absolute Gasteiger partial charge is 0.259 e. The summed E-state index contributed by atoms with van der Waals surface area (Å²) in [5.74, 6) is -1.55. The van der Waals surface area contributed by atoms with E-state index in [0.717, 1.165) is 18.2 Å². The van der Waals surface area contributed by atoms with Gasteiger partial charge in [-0.05, 0) is 61.0 Å². The van der Waals surface area contributed by atoms with Crippen molar-refractivity contribution < 1.29 is 17.2 Å². The van der Waals surface area contributed by atoms with Crippen molar-refractivity contribution >= 4 is 21.4 Å². The van der Waals surface area contributed by atoms with Crippen molar-refractivity contribution in [3.63, 3.8) is 0 Å². The molecule has 0 aliphatic carbocycles. The third-order valence-electron chi connectivity index (χ3n) is 3.99. The van der Waals surface area contributed by atoms with Gasteiger partial charge >= 0.3 is 0 Å². The SMILES string of the molecule is Cc1cccnc1C(c1cc(F)ccc1F)S(=O)(=O)c1ccc(Cl)cc1. The van der Waals surface area contributed by atoms with Crippen molar-refractivity contribution in [2.24, 2.45) is 0 Å². The van der Waals surface area contributed by atoms with E-state index in [1.165, 1.54) is 30.5 Å². The highest BCUT2D eigenvalue weighted by Gasteiger charge is 2.35. The molecule has 1 atom stereocenters. The fourth-order valence-corrected chi connectivity index (χ4v) is 4.68. The zero-order valence-electron chi connectivity index (χ0n) is 13.7. The van der Waals surface area contributed by atoms with Crippen LogP contribution < -0.4 is 0 Å². The summed E-state index contributed by atoms with van der Waals surface area (Å²) in [7, 11) is -4.11. The monoisotopic (exact) mass is 393 g/mol. The van der Waals surface area contributed by atoms with Gasteiger partial charge < -0.3 is 0 Å². The van der Waals surface area contributed by atoms with Gasteiger partial charge in [-0.1, -0.05) is 17.7 Å². The number of nitrogens with zero attached hydrogens (tertiary/aromatic N) is 1. The van der Waals surface area contributed by atoms with Gasteiger partial charge in [-0.2, -0.15) is 0 Å². The van der Waals surface area contributed by atoms with Crippen LogP contribution in [-0.4, -0.2) is 13.4 Å². The van der Waals surface area contributed by atoms with Crippen LogP contribution in [0.4, 0.5) is 8.78 Å². The quantitative estimate of drug-likeness (QED) is 0.634. The number of hydrogen-bond donors (Lipinski definition) is 0. The summed E-state index contributed by atoms with van der Waals surface area (Å²) in [5, 5.41) is -1.12. The average molecular weight is 394 g/mol. The molecule has 134 valence electrons. The third-order valence-corrected chi connectivity index (χ3v) is 6.27. The lowest BCUT2D eigenvalue weighted by atomic mass is 10.0. The Morgan fingerprint density at radius 3 is 2.38 bits per heavy atom. The first-order valence-electron chi connectivity index (χ1n) is 7.66. The lowest BCUT2D eigenvalue weighted by molar-refractivity contribution is 0.567. The first-order chi connectivity index (χ1) is 12.3. The minimum atomic E-state index is -4.11. The van der Waals surface area contributed by atoms with E-state index in [4.69, 9.17) is 11.6 Å². The molecule has 3 rings (SSSR count). The minimum Gasteiger partial charge on any atom is -0.259 e. The van der Waals surface area contributed by atoms with Crippen LogP contribution in [0.15, 0.2) is 65.7 Å². The van der Waals surface area contributed by atoms with Crippen LogP contribution in [0.3, 0.4) is 0 Å². The second kappa shape index (κ2) is 7.13. The predicted molar refractivity (Wildman–Crippen MR) is 95.8 cm³/mol. The minimum absolute atomic E-state index is 0.0550. The van der Waals surface area contributed by atoms with Crippen molar-refractivity contribution in [3.8, 4) is 0 Å². The Bertz CT molecular complexity index is 1050. The number of benzene rings is 2. The number of aromatic nitrogens is 1. The van der Waals surface area contributed by atoms with Gasteiger partial charge in [0.2, 0.25) is 0 Å². The van der Waals surface area contributed by atoms with Crippen LogP contribution in [0.25, 0.3) is 0 Å². The number of sulfone groups is 1. The zero-order chi connectivity index (χ0) is 18.9. The van der Waals surface area contributed by atoms with Gasteiger partial charge in [0.15, 0.2) is 9.84 Å². The Labute approximate surface area is 155 Å². The summed E-state index contributed by atoms with van der Waals surface area (Å²) in [4.78, 5) is 4.09. The van der Waals surface area contributed by atoms with E-state index in [1.807, 2.05) is 0 Å². The van der Waals surface area contributed by atoms with Crippen molar-refractivity contribution in [2.75, 3.05) is 0 Å². The van der Waals surface area contributed by atoms with Gasteiger partial charge in [0.1, 0.15) is 16.9 Å². The molecule has 1 heterocycles. The normalized spacial score (nSPS) is 12.8. The number of pyridine rings is 1. The summed E-state index contributed by atoms with van der Waals surface area (Å²) in [6.07, 6.45) is 1.42. The van der Waals surface area contributed by atoms with Crippen LogP contribution in [0, 0.1) is 18.6 Å². The van der Waals surface area contributed by atoms with Crippen molar-refractivity contribution in [1.82, 2.24) is 4.98 Å². The Balaban J connectivity index is 2.29. The smallest absolute Gasteiger partial charge is 0.191 e. The fraction of sp³-hybridized carbons (Fsp3) is 0.105. The molecule has 0 spiro atoms. The second-order valence-corrected chi connectivity index (χ2v) is 8.22. The Morgan fingerprint density at radius 2 is 1.73 bits per heavy atom. The number of halogens is 3. The first-order valence-corrected chi connectivity index (χ1v) is 9.59. The maximum atomic E-state index is 14.5. The lowest BCUT2D eigenvalue weighted by Crippen LogP contribution is -2.19. The van der Waals surface area contributed by atoms with E-state index >= 15 is 0 Å². The van der Waals surface area contributed by atoms with Gasteiger partial charge in [0.05, 0.1) is 10.6 Å². The molecule has 0 aliphatic rings. The molecule has 0 radical (unpaired) electrons. The predicted octanol–water partition coefficient (Wildman–Crippen LogP) is 4.88. The maximum absolute atomic E-state index is 14.5. The molecule has 0 saturated heterocycles. The Kier molecular flexibility index (Phi) is 5.07. The molecule has 0 amide bonds. The van der Waals surface area contributed by atoms with Gasteiger partial charge in [0, 0.05) is 16.8 Å². The average Bonchev–Trinajstić information content (AvgIpc) is 2.60. The summed E-state index contributed by atoms with van der Waals surface area (Å²) in [6.45, 7) is 1.67. The molecule has 0 bridgehead atoms. The van der Waals surface area contributed by atoms with E-state index in [2.05, 4.69) is 4.98 Å². The lowest BCUT2D eigenvalue weighted by Gasteiger charge is -2.20. The van der Waals surface area contributed by atoms with E-state index < -0.39 is 26.7 Å². The second-order valence-electron chi connectivity index (χ2n) is 5.75. The standard InChI is InChI=1S/C19H14ClF2NO2S/c1-12-3-2-10-23-18(12)19(16-11-14(21)6-9-17(16)22)26(24,25)15-7-4-13(20)5-8-15/h2-11,19H,1H3. The molecule has 1 aromatic heterocycles. The van der Waals surface area contributed by atoms with Crippen LogP contribution >= 0.6 is 11.6 Å². The summed E-state index contributed by atoms with van der Waals surface area (Å²) in [6, 6.07) is 11.6. The molecular weight excluding hydrogens is 380 g/mol. The summed E-state index contributed by atoms with van der Waals surface area (Å²) in [5.41, 5.74) is 0.410. The van der Waals surface area contributed by atoms with Crippen LogP contribution in [0.2, 0.25) is 5.02 Å². The molecule has 26 heavy (non-hydrogen) atoms. The topological polar surface area (TPSA) is 47.0 Å². The van der Waals surface area contributed by atoms with E-state index in [-0.39, 0.29) is 16.2 Å². The third kappa shape index (κ3) is 3.48. The van der Waals surface area contributed by atoms with Crippen molar-refractivity contribution in [2.45, 2.75) is 17.1 Å². The van der Waals surface area contributed by atoms with E-state index in [0.29, 0.717) is 10.6 Å². The molecule has 2 aromatic carbocycles. The maximum Gasteiger partial charge on any atom is 0.191 e. The number of aryl methyl sites for hydroxylation is 1. The molecule has 0 saturated carbocycles. The van der Waals surface area contributed by atoms with E-state index in [9.17, 15) is 17.2 Å². The molecule has 0 N–H and O–H groups in total. The molecule has 1 unspecified atom stereocenters. The molecule has 3 nitrogen and oxygen atoms in total. The zero-order valence-corrected chi connectivity index (χ0v) is 15.2. The number of hydrogen-bond acceptors (Lipinski definition) is 3. The molecule has 7 heteroatoms. The first kappa shape index (κ1) is 18.5. The van der Waals surface area contributed by atoms with Gasteiger partial charge in [-0.3, -0.25) is 4.98 Å². The number of rotatable bonds is 4. The van der Waals surface area contributed by atoms with E-state index in [1.54, 1.807) is 19.1 Å². The fourth-order valence-electron chi connectivity index (χ4n) is 2.71. The van der Waals surface area contributed by atoms with Crippen LogP contribution in [0.1, 0.15) is 22.1 Å². The highest BCUT2D eigenvalue weighted by atomic mass is 35.5.